The fraction of sp³-hybridized carbons (Fsp3) is 0.875. The van der Waals surface area contributed by atoms with Gasteiger partial charge < -0.3 is 9.64 Å². The van der Waals surface area contributed by atoms with Crippen LogP contribution in [-0.2, 0) is 14.6 Å². The lowest BCUT2D eigenvalue weighted by Gasteiger charge is -2.27. The van der Waals surface area contributed by atoms with Crippen molar-refractivity contribution in [2.75, 3.05) is 26.3 Å². The van der Waals surface area contributed by atoms with E-state index >= 15 is 0 Å². The maximum Gasteiger partial charge on any atom is 0.225 e. The second-order valence-corrected chi connectivity index (χ2v) is 3.01. The van der Waals surface area contributed by atoms with Gasteiger partial charge in [-0.2, -0.15) is 0 Å². The highest BCUT2D eigenvalue weighted by Crippen LogP contribution is 2.02. The van der Waals surface area contributed by atoms with E-state index in [-0.39, 0.29) is 12.3 Å². The first kappa shape index (κ1) is 9.48. The Bertz CT molecular complexity index is 152. The van der Waals surface area contributed by atoms with Crippen LogP contribution in [0.15, 0.2) is 0 Å². The maximum atomic E-state index is 11.3. The van der Waals surface area contributed by atoms with Gasteiger partial charge in [0.15, 0.2) is 0 Å². The molecule has 69 valence electrons. The van der Waals surface area contributed by atoms with E-state index in [1.807, 2.05) is 0 Å². The van der Waals surface area contributed by atoms with Crippen LogP contribution >= 0.6 is 0 Å². The molecule has 1 aliphatic rings. The summed E-state index contributed by atoms with van der Waals surface area (Å²) in [6, 6.07) is 0. The lowest BCUT2D eigenvalue weighted by Crippen LogP contribution is -2.41. The van der Waals surface area contributed by atoms with Crippen molar-refractivity contribution in [3.63, 3.8) is 0 Å². The van der Waals surface area contributed by atoms with Crippen LogP contribution in [0.3, 0.4) is 0 Å². The fourth-order valence-electron chi connectivity index (χ4n) is 1.19. The Morgan fingerprint density at radius 3 is 2.58 bits per heavy atom. The van der Waals surface area contributed by atoms with Gasteiger partial charge in [0.05, 0.1) is 25.7 Å². The predicted molar refractivity (Wildman–Crippen MR) is 42.2 cm³/mol. The first-order chi connectivity index (χ1) is 5.70. The van der Waals surface area contributed by atoms with Crippen LogP contribution in [0.2, 0.25) is 0 Å². The second kappa shape index (κ2) is 4.42. The summed E-state index contributed by atoms with van der Waals surface area (Å²) in [5.41, 5.74) is 0. The number of hydrogen-bond acceptors (Lipinski definition) is 2. The summed E-state index contributed by atoms with van der Waals surface area (Å²) in [6.45, 7) is 3.97. The number of morpholine rings is 1. The third kappa shape index (κ3) is 2.79. The predicted octanol–water partition coefficient (Wildman–Crippen LogP) is 0.0543. The Hall–Kier alpha value is -0.610. The van der Waals surface area contributed by atoms with Gasteiger partial charge in [-0.15, -0.1) is 0 Å². The Morgan fingerprint density at radius 2 is 2.08 bits per heavy atom. The van der Waals surface area contributed by atoms with Crippen LogP contribution in [0, 0.1) is 0 Å². The molecular formula is C8H14NO3. The standard InChI is InChI=1S/C8H14NO3/c1-7(10)6-8(11)9-2-4-12-5-3-9/h7H,2-6H2,1H3. The molecule has 0 bridgehead atoms. The molecule has 0 aromatic heterocycles. The summed E-state index contributed by atoms with van der Waals surface area (Å²) in [4.78, 5) is 13.0. The van der Waals surface area contributed by atoms with Gasteiger partial charge >= 0.3 is 0 Å². The van der Waals surface area contributed by atoms with Crippen molar-refractivity contribution in [1.82, 2.24) is 4.90 Å². The first-order valence-corrected chi connectivity index (χ1v) is 4.21. The molecule has 4 nitrogen and oxygen atoms in total. The smallest absolute Gasteiger partial charge is 0.225 e. The molecule has 1 rings (SSSR count). The van der Waals surface area contributed by atoms with Gasteiger partial charge in [-0.1, -0.05) is 0 Å². The molecule has 0 spiro atoms. The Morgan fingerprint density at radius 1 is 1.50 bits per heavy atom. The molecule has 0 aromatic rings. The normalized spacial score (nSPS) is 20.7. The number of rotatable bonds is 2. The van der Waals surface area contributed by atoms with Crippen LogP contribution in [0.25, 0.3) is 0 Å². The Kier molecular flexibility index (Phi) is 3.49. The minimum atomic E-state index is -0.791. The molecule has 0 saturated carbocycles. The number of ether oxygens (including phenoxy) is 1. The third-order valence-electron chi connectivity index (χ3n) is 1.83. The SMILES string of the molecule is CC([O])CC(=O)N1CCOCC1. The molecule has 1 atom stereocenters. The van der Waals surface area contributed by atoms with Crippen molar-refractivity contribution in [3.05, 3.63) is 0 Å². The summed E-state index contributed by atoms with van der Waals surface area (Å²) >= 11 is 0. The van der Waals surface area contributed by atoms with E-state index in [9.17, 15) is 9.90 Å². The minimum Gasteiger partial charge on any atom is -0.378 e. The average molecular weight is 172 g/mol. The van der Waals surface area contributed by atoms with Crippen LogP contribution < -0.4 is 0 Å². The van der Waals surface area contributed by atoms with Gasteiger partial charge in [0.1, 0.15) is 0 Å². The summed E-state index contributed by atoms with van der Waals surface area (Å²) in [6.07, 6.45) is -0.680. The molecule has 4 heteroatoms. The number of carbonyl (C=O) groups is 1. The van der Waals surface area contributed by atoms with Crippen molar-refractivity contribution in [1.29, 1.82) is 0 Å². The van der Waals surface area contributed by atoms with Crippen LogP contribution in [0.4, 0.5) is 0 Å². The molecular weight excluding hydrogens is 158 g/mol. The highest BCUT2D eigenvalue weighted by Gasteiger charge is 2.18. The molecule has 1 radical (unpaired) electrons. The molecule has 1 saturated heterocycles. The summed E-state index contributed by atoms with van der Waals surface area (Å²) in [5, 5.41) is 10.7. The number of amides is 1. The molecule has 0 aromatic carbocycles. The highest BCUT2D eigenvalue weighted by molar-refractivity contribution is 5.76. The molecule has 1 heterocycles. The molecule has 1 aliphatic heterocycles. The van der Waals surface area contributed by atoms with Crippen molar-refractivity contribution in [2.45, 2.75) is 19.4 Å². The van der Waals surface area contributed by atoms with Gasteiger partial charge in [0.2, 0.25) is 5.91 Å². The molecule has 1 amide bonds. The van der Waals surface area contributed by atoms with Gasteiger partial charge in [-0.05, 0) is 6.92 Å². The quantitative estimate of drug-likeness (QED) is 0.591. The van der Waals surface area contributed by atoms with E-state index in [1.54, 1.807) is 4.90 Å². The van der Waals surface area contributed by atoms with Gasteiger partial charge in [-0.25, -0.2) is 5.11 Å². The second-order valence-electron chi connectivity index (χ2n) is 3.01. The van der Waals surface area contributed by atoms with E-state index in [0.717, 1.165) is 0 Å². The van der Waals surface area contributed by atoms with Gasteiger partial charge in [-0.3, -0.25) is 4.79 Å². The zero-order valence-corrected chi connectivity index (χ0v) is 7.28. The van der Waals surface area contributed by atoms with Crippen molar-refractivity contribution < 1.29 is 14.6 Å². The number of nitrogens with zero attached hydrogens (tertiary/aromatic N) is 1. The third-order valence-corrected chi connectivity index (χ3v) is 1.83. The largest absolute Gasteiger partial charge is 0.378 e. The van der Waals surface area contributed by atoms with Crippen LogP contribution in [0.1, 0.15) is 13.3 Å². The lowest BCUT2D eigenvalue weighted by molar-refractivity contribution is -0.137. The van der Waals surface area contributed by atoms with E-state index < -0.39 is 6.10 Å². The Balaban J connectivity index is 2.30. The van der Waals surface area contributed by atoms with Crippen molar-refractivity contribution >= 4 is 5.91 Å². The van der Waals surface area contributed by atoms with E-state index in [4.69, 9.17) is 4.74 Å². The van der Waals surface area contributed by atoms with E-state index in [2.05, 4.69) is 0 Å². The topological polar surface area (TPSA) is 49.4 Å². The lowest BCUT2D eigenvalue weighted by atomic mass is 10.2. The number of hydrogen-bond donors (Lipinski definition) is 0. The average Bonchev–Trinajstić information content (AvgIpc) is 2.05. The minimum absolute atomic E-state index is 0.0409. The van der Waals surface area contributed by atoms with Crippen LogP contribution in [-0.4, -0.2) is 43.2 Å². The first-order valence-electron chi connectivity index (χ1n) is 4.21. The zero-order valence-electron chi connectivity index (χ0n) is 7.28. The van der Waals surface area contributed by atoms with Crippen LogP contribution in [0.5, 0.6) is 0 Å². The summed E-state index contributed by atoms with van der Waals surface area (Å²) < 4.78 is 5.08. The molecule has 1 fully saturated rings. The van der Waals surface area contributed by atoms with Gasteiger partial charge in [0.25, 0.3) is 0 Å². The summed E-state index contributed by atoms with van der Waals surface area (Å²) in [5.74, 6) is -0.0409. The number of carbonyl (C=O) groups excluding carboxylic acids is 1. The van der Waals surface area contributed by atoms with Crippen molar-refractivity contribution in [2.24, 2.45) is 0 Å². The van der Waals surface area contributed by atoms with Crippen molar-refractivity contribution in [3.8, 4) is 0 Å². The maximum absolute atomic E-state index is 11.3. The highest BCUT2D eigenvalue weighted by atomic mass is 16.5. The Labute approximate surface area is 72.1 Å². The van der Waals surface area contributed by atoms with E-state index in [1.165, 1.54) is 6.92 Å². The fourth-order valence-corrected chi connectivity index (χ4v) is 1.19. The molecule has 12 heavy (non-hydrogen) atoms. The van der Waals surface area contributed by atoms with E-state index in [0.29, 0.717) is 26.3 Å². The summed E-state index contributed by atoms with van der Waals surface area (Å²) in [7, 11) is 0. The molecule has 0 aliphatic carbocycles. The monoisotopic (exact) mass is 172 g/mol. The molecule has 0 N–H and O–H groups in total. The molecule has 1 unspecified atom stereocenters. The zero-order chi connectivity index (χ0) is 8.97. The van der Waals surface area contributed by atoms with Gasteiger partial charge in [0, 0.05) is 13.1 Å².